The fourth-order valence-electron chi connectivity index (χ4n) is 5.62. The average molecular weight is 627 g/mol. The lowest BCUT2D eigenvalue weighted by molar-refractivity contribution is 0.274. The Hall–Kier alpha value is -5.61. The largest absolute Gasteiger partial charge is 0.394 e. The Kier molecular flexibility index (Phi) is 10.1. The van der Waals surface area contributed by atoms with Crippen molar-refractivity contribution in [3.05, 3.63) is 142 Å². The second kappa shape index (κ2) is 15.1. The van der Waals surface area contributed by atoms with Crippen LogP contribution in [-0.4, -0.2) is 61.6 Å². The van der Waals surface area contributed by atoms with E-state index in [1.165, 1.54) is 0 Å². The molecule has 4 aromatic heterocycles. The molecule has 6 rings (SSSR count). The zero-order chi connectivity index (χ0) is 32.4. The monoisotopic (exact) mass is 626 g/mol. The molecule has 0 aliphatic rings. The molecule has 47 heavy (non-hydrogen) atoms. The molecule has 10 nitrogen and oxygen atoms in total. The number of anilines is 1. The highest BCUT2D eigenvalue weighted by Crippen LogP contribution is 2.27. The zero-order valence-corrected chi connectivity index (χ0v) is 26.3. The van der Waals surface area contributed by atoms with E-state index >= 15 is 0 Å². The lowest BCUT2D eigenvalue weighted by atomic mass is 10.1. The minimum absolute atomic E-state index is 0.0968. The van der Waals surface area contributed by atoms with E-state index in [1.807, 2.05) is 67.8 Å². The molecule has 6 aromatic rings. The van der Waals surface area contributed by atoms with Crippen molar-refractivity contribution >= 4 is 22.6 Å². The number of aromatic nitrogens is 5. The van der Waals surface area contributed by atoms with Gasteiger partial charge in [-0.15, -0.1) is 0 Å². The molecule has 0 saturated heterocycles. The number of imidazole rings is 1. The average Bonchev–Trinajstić information content (AvgIpc) is 3.53. The first-order valence-corrected chi connectivity index (χ1v) is 15.8. The number of hydrogen-bond donors (Lipinski definition) is 5. The van der Waals surface area contributed by atoms with Crippen LogP contribution >= 0.6 is 0 Å². The number of aryl methyl sites for hydroxylation is 1. The molecular formula is C37H38N8O2. The summed E-state index contributed by atoms with van der Waals surface area (Å²) in [5.74, 6) is 1.23. The topological polar surface area (TPSA) is 144 Å². The third-order valence-corrected chi connectivity index (χ3v) is 7.98. The smallest absolute Gasteiger partial charge is 0.261 e. The predicted molar refractivity (Wildman–Crippen MR) is 187 cm³/mol. The number of benzene rings is 2. The fraction of sp³-hybridized carbons (Fsp3) is 0.216. The highest BCUT2D eigenvalue weighted by molar-refractivity contribution is 6.02. The Balaban J connectivity index is 1.29. The van der Waals surface area contributed by atoms with Crippen LogP contribution in [0.5, 0.6) is 0 Å². The van der Waals surface area contributed by atoms with E-state index in [-0.39, 0.29) is 18.2 Å². The number of amidine groups is 1. The van der Waals surface area contributed by atoms with Crippen molar-refractivity contribution in [3.8, 4) is 11.4 Å². The minimum atomic E-state index is -0.293. The van der Waals surface area contributed by atoms with E-state index in [2.05, 4.69) is 48.8 Å². The number of aliphatic hydroxyl groups is 1. The van der Waals surface area contributed by atoms with E-state index in [0.717, 1.165) is 57.5 Å². The summed E-state index contributed by atoms with van der Waals surface area (Å²) < 4.78 is 0. The van der Waals surface area contributed by atoms with E-state index in [4.69, 9.17) is 9.98 Å². The van der Waals surface area contributed by atoms with Gasteiger partial charge in [-0.1, -0.05) is 42.5 Å². The van der Waals surface area contributed by atoms with Gasteiger partial charge >= 0.3 is 0 Å². The molecule has 0 saturated carbocycles. The summed E-state index contributed by atoms with van der Waals surface area (Å²) in [6.45, 7) is 3.19. The van der Waals surface area contributed by atoms with E-state index in [1.54, 1.807) is 24.7 Å². The number of aromatic amines is 2. The molecule has 0 fully saturated rings. The highest BCUT2D eigenvalue weighted by Gasteiger charge is 2.19. The number of pyridine rings is 3. The van der Waals surface area contributed by atoms with Crippen molar-refractivity contribution in [2.45, 2.75) is 32.2 Å². The second-order valence-corrected chi connectivity index (χ2v) is 11.5. The number of nitrogens with one attached hydrogen (secondary N) is 4. The van der Waals surface area contributed by atoms with Crippen LogP contribution in [0.2, 0.25) is 0 Å². The number of H-pyrrole nitrogens is 2. The molecule has 4 heterocycles. The van der Waals surface area contributed by atoms with Crippen LogP contribution in [0.4, 0.5) is 5.69 Å². The molecule has 0 amide bonds. The van der Waals surface area contributed by atoms with Crippen LogP contribution in [0.3, 0.4) is 0 Å². The van der Waals surface area contributed by atoms with E-state index < -0.39 is 0 Å². The minimum Gasteiger partial charge on any atom is -0.394 e. The molecule has 1 unspecified atom stereocenters. The Bertz CT molecular complexity index is 1990. The lowest BCUT2D eigenvalue weighted by Gasteiger charge is -2.19. The zero-order valence-electron chi connectivity index (χ0n) is 26.3. The van der Waals surface area contributed by atoms with Gasteiger partial charge in [0.05, 0.1) is 29.4 Å². The molecule has 10 heteroatoms. The SMILES string of the molecule is Cc1cc(C(=NCCc2cccnc2)NCCc2cccnc2)cc2[nH]c(-c3c(NC(CO)Cc4ccccc4)cc[nH]c3=O)nc12. The highest BCUT2D eigenvalue weighted by atomic mass is 16.3. The summed E-state index contributed by atoms with van der Waals surface area (Å²) in [6, 6.07) is 23.5. The first-order chi connectivity index (χ1) is 23.1. The maximum Gasteiger partial charge on any atom is 0.261 e. The lowest BCUT2D eigenvalue weighted by Crippen LogP contribution is -2.28. The maximum absolute atomic E-state index is 13.2. The number of fused-ring (bicyclic) bond motifs is 1. The molecular weight excluding hydrogens is 588 g/mol. The van der Waals surface area contributed by atoms with Crippen molar-refractivity contribution < 1.29 is 5.11 Å². The van der Waals surface area contributed by atoms with Crippen molar-refractivity contribution in [2.75, 3.05) is 25.0 Å². The standard InChI is InChI=1S/C37H38N8O2/c1-25-19-29(35(40-16-11-27-9-5-14-38-22-27)41-17-12-28-10-6-15-39-23-28)21-32-34(25)45-36(44-32)33-31(13-18-42-37(33)47)43-30(24-46)20-26-7-3-2-4-8-26/h2-10,13-15,18-19,21-23,30,46H,11-12,16-17,20,24H2,1H3,(H,40,41)(H,44,45)(H2,42,43,47). The van der Waals surface area contributed by atoms with E-state index in [0.29, 0.717) is 36.6 Å². The molecule has 5 N–H and O–H groups in total. The number of aliphatic imine (C=N–C) groups is 1. The Morgan fingerprint density at radius 2 is 1.68 bits per heavy atom. The number of rotatable bonds is 13. The maximum atomic E-state index is 13.2. The number of hydrogen-bond acceptors (Lipinski definition) is 7. The van der Waals surface area contributed by atoms with Crippen LogP contribution in [0.25, 0.3) is 22.4 Å². The van der Waals surface area contributed by atoms with Gasteiger partial charge in [0.25, 0.3) is 5.56 Å². The first kappa shape index (κ1) is 31.4. The van der Waals surface area contributed by atoms with Crippen LogP contribution in [0.15, 0.2) is 114 Å². The predicted octanol–water partition coefficient (Wildman–Crippen LogP) is 4.85. The number of aliphatic hydroxyl groups excluding tert-OH is 1. The molecule has 1 atom stereocenters. The fourth-order valence-corrected chi connectivity index (χ4v) is 5.62. The van der Waals surface area contributed by atoms with Crippen LogP contribution in [0, 0.1) is 6.92 Å². The van der Waals surface area contributed by atoms with Crippen molar-refractivity contribution in [1.29, 1.82) is 0 Å². The quantitative estimate of drug-likeness (QED) is 0.0911. The van der Waals surface area contributed by atoms with Crippen LogP contribution < -0.4 is 16.2 Å². The first-order valence-electron chi connectivity index (χ1n) is 15.8. The van der Waals surface area contributed by atoms with Crippen LogP contribution in [0.1, 0.15) is 27.8 Å². The summed E-state index contributed by atoms with van der Waals surface area (Å²) in [5.41, 5.74) is 7.49. The van der Waals surface area contributed by atoms with Gasteiger partial charge in [-0.2, -0.15) is 0 Å². The Morgan fingerprint density at radius 3 is 2.40 bits per heavy atom. The number of nitrogens with zero attached hydrogens (tertiary/aromatic N) is 4. The molecule has 2 aromatic carbocycles. The van der Waals surface area contributed by atoms with Gasteiger partial charge in [-0.05, 0) is 78.8 Å². The van der Waals surface area contributed by atoms with Gasteiger partial charge in [0.2, 0.25) is 0 Å². The van der Waals surface area contributed by atoms with Gasteiger partial charge in [0.1, 0.15) is 17.2 Å². The summed E-state index contributed by atoms with van der Waals surface area (Å²) in [4.78, 5) is 37.7. The molecule has 0 radical (unpaired) electrons. The van der Waals surface area contributed by atoms with Crippen molar-refractivity contribution in [1.82, 2.24) is 30.2 Å². The van der Waals surface area contributed by atoms with Crippen LogP contribution in [-0.2, 0) is 19.3 Å². The normalized spacial score (nSPS) is 12.3. The Morgan fingerprint density at radius 1 is 0.936 bits per heavy atom. The van der Waals surface area contributed by atoms with E-state index in [9.17, 15) is 9.90 Å². The summed E-state index contributed by atoms with van der Waals surface area (Å²) in [5, 5.41) is 17.1. The van der Waals surface area contributed by atoms with Gasteiger partial charge in [0.15, 0.2) is 0 Å². The molecule has 0 aliphatic carbocycles. The summed E-state index contributed by atoms with van der Waals surface area (Å²) >= 11 is 0. The molecule has 238 valence electrons. The van der Waals surface area contributed by atoms with Gasteiger partial charge in [-0.3, -0.25) is 19.8 Å². The summed E-state index contributed by atoms with van der Waals surface area (Å²) in [7, 11) is 0. The third kappa shape index (κ3) is 7.98. The molecule has 0 spiro atoms. The molecule has 0 aliphatic heterocycles. The van der Waals surface area contributed by atoms with Crippen molar-refractivity contribution in [2.24, 2.45) is 4.99 Å². The van der Waals surface area contributed by atoms with Gasteiger partial charge < -0.3 is 25.7 Å². The second-order valence-electron chi connectivity index (χ2n) is 11.5. The summed E-state index contributed by atoms with van der Waals surface area (Å²) in [6.07, 6.45) is 11.1. The third-order valence-electron chi connectivity index (χ3n) is 7.98. The molecule has 0 bridgehead atoms. The van der Waals surface area contributed by atoms with Gasteiger partial charge in [-0.25, -0.2) is 4.98 Å². The van der Waals surface area contributed by atoms with Gasteiger partial charge in [0, 0.05) is 49.6 Å². The van der Waals surface area contributed by atoms with Crippen molar-refractivity contribution in [3.63, 3.8) is 0 Å². The Labute approximate surface area is 273 Å².